The number of nitrogens with zero attached hydrogens (tertiary/aromatic N) is 1. The Morgan fingerprint density at radius 3 is 2.07 bits per heavy atom. The maximum atomic E-state index is 12.6. The zero-order chi connectivity index (χ0) is 21.3. The van der Waals surface area contributed by atoms with Gasteiger partial charge in [0.25, 0.3) is 11.8 Å². The molecule has 3 amide bonds. The number of hydrogen-bond acceptors (Lipinski definition) is 5. The first-order valence-corrected chi connectivity index (χ1v) is 9.07. The van der Waals surface area contributed by atoms with Crippen molar-refractivity contribution >= 4 is 34.8 Å². The van der Waals surface area contributed by atoms with Crippen LogP contribution in [0.1, 0.15) is 20.7 Å². The summed E-state index contributed by atoms with van der Waals surface area (Å²) >= 11 is 0. The molecule has 0 saturated heterocycles. The SMILES string of the molecule is COCC(=O)Nc1cccc(NC(=O)c2cccc(NC(=O)c3cccnc3)c2)c1. The summed E-state index contributed by atoms with van der Waals surface area (Å²) in [5.74, 6) is -0.967. The highest BCUT2D eigenvalue weighted by Crippen LogP contribution is 2.18. The minimum Gasteiger partial charge on any atom is -0.375 e. The van der Waals surface area contributed by atoms with Gasteiger partial charge in [0.2, 0.25) is 5.91 Å². The molecule has 3 aromatic rings. The first-order valence-electron chi connectivity index (χ1n) is 9.07. The van der Waals surface area contributed by atoms with Crippen molar-refractivity contribution in [3.8, 4) is 0 Å². The molecule has 8 heteroatoms. The van der Waals surface area contributed by atoms with Gasteiger partial charge in [-0.05, 0) is 48.5 Å². The first kappa shape index (κ1) is 20.7. The summed E-state index contributed by atoms with van der Waals surface area (Å²) in [6.45, 7) is -0.0614. The molecule has 0 aliphatic carbocycles. The predicted molar refractivity (Wildman–Crippen MR) is 114 cm³/mol. The number of methoxy groups -OCH3 is 1. The number of carbonyl (C=O) groups excluding carboxylic acids is 3. The Morgan fingerprint density at radius 1 is 0.800 bits per heavy atom. The Hall–Kier alpha value is -4.04. The van der Waals surface area contributed by atoms with Crippen molar-refractivity contribution in [1.29, 1.82) is 0 Å². The molecule has 2 aromatic carbocycles. The topological polar surface area (TPSA) is 109 Å². The van der Waals surface area contributed by atoms with E-state index in [0.29, 0.717) is 28.2 Å². The van der Waals surface area contributed by atoms with Crippen molar-refractivity contribution < 1.29 is 19.1 Å². The highest BCUT2D eigenvalue weighted by Gasteiger charge is 2.10. The van der Waals surface area contributed by atoms with Crippen LogP contribution in [0.25, 0.3) is 0 Å². The normalized spacial score (nSPS) is 10.2. The second-order valence-electron chi connectivity index (χ2n) is 6.29. The van der Waals surface area contributed by atoms with Gasteiger partial charge in [0, 0.05) is 42.1 Å². The standard InChI is InChI=1S/C22H20N4O4/c1-30-14-20(27)24-18-8-3-9-19(12-18)26-21(28)15-5-2-7-17(11-15)25-22(29)16-6-4-10-23-13-16/h2-13H,14H2,1H3,(H,24,27)(H,25,29)(H,26,28). The van der Waals surface area contributed by atoms with Gasteiger partial charge >= 0.3 is 0 Å². The number of nitrogens with one attached hydrogen (secondary N) is 3. The van der Waals surface area contributed by atoms with E-state index in [1.165, 1.54) is 13.3 Å². The van der Waals surface area contributed by atoms with Crippen LogP contribution in [0, 0.1) is 0 Å². The second-order valence-corrected chi connectivity index (χ2v) is 6.29. The van der Waals surface area contributed by atoms with E-state index >= 15 is 0 Å². The number of benzene rings is 2. The number of hydrogen-bond donors (Lipinski definition) is 3. The van der Waals surface area contributed by atoms with Gasteiger partial charge in [0.15, 0.2) is 0 Å². The number of carbonyl (C=O) groups is 3. The fourth-order valence-electron chi connectivity index (χ4n) is 2.64. The van der Waals surface area contributed by atoms with Gasteiger partial charge in [0.05, 0.1) is 5.56 Å². The molecule has 0 bridgehead atoms. The fourth-order valence-corrected chi connectivity index (χ4v) is 2.64. The summed E-state index contributed by atoms with van der Waals surface area (Å²) in [6, 6.07) is 16.7. The Kier molecular flexibility index (Phi) is 6.86. The quantitative estimate of drug-likeness (QED) is 0.560. The summed E-state index contributed by atoms with van der Waals surface area (Å²) in [7, 11) is 1.43. The second kappa shape index (κ2) is 9.94. The van der Waals surface area contributed by atoms with Gasteiger partial charge in [-0.3, -0.25) is 19.4 Å². The first-order chi connectivity index (χ1) is 14.5. The lowest BCUT2D eigenvalue weighted by Crippen LogP contribution is -2.17. The molecule has 0 atom stereocenters. The average Bonchev–Trinajstić information content (AvgIpc) is 2.75. The van der Waals surface area contributed by atoms with E-state index < -0.39 is 0 Å². The molecular formula is C22H20N4O4. The van der Waals surface area contributed by atoms with Gasteiger partial charge in [-0.2, -0.15) is 0 Å². The summed E-state index contributed by atoms with van der Waals surface area (Å²) in [5, 5.41) is 8.19. The number of rotatable bonds is 7. The number of amides is 3. The number of ether oxygens (including phenoxy) is 1. The van der Waals surface area contributed by atoms with Crippen LogP contribution in [0.4, 0.5) is 17.1 Å². The van der Waals surface area contributed by atoms with Gasteiger partial charge in [-0.25, -0.2) is 0 Å². The van der Waals surface area contributed by atoms with Gasteiger partial charge in [0.1, 0.15) is 6.61 Å². The lowest BCUT2D eigenvalue weighted by Gasteiger charge is -2.10. The molecule has 0 aliphatic rings. The van der Waals surface area contributed by atoms with Crippen LogP contribution in [0.2, 0.25) is 0 Å². The molecule has 3 N–H and O–H groups in total. The molecule has 0 radical (unpaired) electrons. The summed E-state index contributed by atoms with van der Waals surface area (Å²) in [4.78, 5) is 40.4. The Labute approximate surface area is 173 Å². The Bertz CT molecular complexity index is 1050. The minimum absolute atomic E-state index is 0.0614. The van der Waals surface area contributed by atoms with Gasteiger partial charge in [-0.1, -0.05) is 12.1 Å². The summed E-state index contributed by atoms with van der Waals surface area (Å²) < 4.78 is 4.78. The molecule has 0 spiro atoms. The third-order valence-corrected chi connectivity index (χ3v) is 3.99. The minimum atomic E-state index is -0.354. The monoisotopic (exact) mass is 404 g/mol. The van der Waals surface area contributed by atoms with Crippen LogP contribution in [-0.4, -0.2) is 36.4 Å². The summed E-state index contributed by atoms with van der Waals surface area (Å²) in [6.07, 6.45) is 3.05. The van der Waals surface area contributed by atoms with Crippen molar-refractivity contribution in [3.05, 3.63) is 84.2 Å². The van der Waals surface area contributed by atoms with E-state index in [2.05, 4.69) is 20.9 Å². The van der Waals surface area contributed by atoms with Crippen molar-refractivity contribution in [2.75, 3.05) is 29.7 Å². The molecule has 0 fully saturated rings. The fraction of sp³-hybridized carbons (Fsp3) is 0.0909. The van der Waals surface area contributed by atoms with Gasteiger partial charge < -0.3 is 20.7 Å². The van der Waals surface area contributed by atoms with E-state index in [9.17, 15) is 14.4 Å². The van der Waals surface area contributed by atoms with Crippen molar-refractivity contribution in [2.24, 2.45) is 0 Å². The lowest BCUT2D eigenvalue weighted by molar-refractivity contribution is -0.119. The summed E-state index contributed by atoms with van der Waals surface area (Å²) in [5.41, 5.74) is 2.32. The lowest BCUT2D eigenvalue weighted by atomic mass is 10.1. The third-order valence-electron chi connectivity index (χ3n) is 3.99. The van der Waals surface area contributed by atoms with Gasteiger partial charge in [-0.15, -0.1) is 0 Å². The van der Waals surface area contributed by atoms with Crippen molar-refractivity contribution in [3.63, 3.8) is 0 Å². The maximum absolute atomic E-state index is 12.6. The zero-order valence-corrected chi connectivity index (χ0v) is 16.2. The average molecular weight is 404 g/mol. The molecule has 1 aromatic heterocycles. The number of pyridine rings is 1. The van der Waals surface area contributed by atoms with Crippen LogP contribution in [0.5, 0.6) is 0 Å². The molecule has 0 saturated carbocycles. The van der Waals surface area contributed by atoms with Crippen LogP contribution < -0.4 is 16.0 Å². The van der Waals surface area contributed by atoms with E-state index in [1.54, 1.807) is 66.9 Å². The Morgan fingerprint density at radius 2 is 1.40 bits per heavy atom. The smallest absolute Gasteiger partial charge is 0.257 e. The number of anilines is 3. The molecule has 152 valence electrons. The van der Waals surface area contributed by atoms with Crippen molar-refractivity contribution in [2.45, 2.75) is 0 Å². The van der Waals surface area contributed by atoms with Crippen LogP contribution in [0.15, 0.2) is 73.1 Å². The zero-order valence-electron chi connectivity index (χ0n) is 16.2. The maximum Gasteiger partial charge on any atom is 0.257 e. The molecule has 0 unspecified atom stereocenters. The Balaban J connectivity index is 1.67. The van der Waals surface area contributed by atoms with Crippen LogP contribution in [-0.2, 0) is 9.53 Å². The molecule has 30 heavy (non-hydrogen) atoms. The van der Waals surface area contributed by atoms with E-state index in [1.807, 2.05) is 0 Å². The van der Waals surface area contributed by atoms with E-state index in [0.717, 1.165) is 0 Å². The predicted octanol–water partition coefficient (Wildman–Crippen LogP) is 3.17. The highest BCUT2D eigenvalue weighted by molar-refractivity contribution is 6.07. The third kappa shape index (κ3) is 5.73. The van der Waals surface area contributed by atoms with Crippen LogP contribution >= 0.6 is 0 Å². The van der Waals surface area contributed by atoms with Crippen molar-refractivity contribution in [1.82, 2.24) is 4.98 Å². The molecule has 8 nitrogen and oxygen atoms in total. The van der Waals surface area contributed by atoms with E-state index in [-0.39, 0.29) is 24.3 Å². The molecule has 0 aliphatic heterocycles. The molecule has 3 rings (SSSR count). The largest absolute Gasteiger partial charge is 0.375 e. The van der Waals surface area contributed by atoms with Crippen LogP contribution in [0.3, 0.4) is 0 Å². The highest BCUT2D eigenvalue weighted by atomic mass is 16.5. The molecular weight excluding hydrogens is 384 g/mol. The van der Waals surface area contributed by atoms with E-state index in [4.69, 9.17) is 4.74 Å². The number of aromatic nitrogens is 1. The molecule has 1 heterocycles.